The predicted octanol–water partition coefficient (Wildman–Crippen LogP) is 0.984. The van der Waals surface area contributed by atoms with Crippen molar-refractivity contribution in [3.63, 3.8) is 0 Å². The van der Waals surface area contributed by atoms with E-state index in [0.29, 0.717) is 44.7 Å². The number of aromatic nitrogens is 1. The fourth-order valence-corrected chi connectivity index (χ4v) is 4.87. The minimum Gasteiger partial charge on any atom is -0.353 e. The fourth-order valence-electron chi connectivity index (χ4n) is 3.79. The summed E-state index contributed by atoms with van der Waals surface area (Å²) < 4.78 is 27.7. The topological polar surface area (TPSA) is 112 Å². The van der Waals surface area contributed by atoms with Gasteiger partial charge in [0, 0.05) is 57.4 Å². The first-order valence-corrected chi connectivity index (χ1v) is 11.8. The van der Waals surface area contributed by atoms with Crippen molar-refractivity contribution in [1.82, 2.24) is 14.6 Å². The van der Waals surface area contributed by atoms with Gasteiger partial charge in [-0.2, -0.15) is 0 Å². The molecule has 2 amide bonds. The van der Waals surface area contributed by atoms with Crippen LogP contribution in [-0.4, -0.2) is 62.8 Å². The Morgan fingerprint density at radius 1 is 1.10 bits per heavy atom. The maximum atomic E-state index is 12.6. The maximum absolute atomic E-state index is 12.6. The summed E-state index contributed by atoms with van der Waals surface area (Å²) in [5, 5.41) is 2.73. The molecule has 2 N–H and O–H groups in total. The van der Waals surface area contributed by atoms with E-state index < -0.39 is 10.0 Å². The van der Waals surface area contributed by atoms with Crippen LogP contribution in [0, 0.1) is 0 Å². The van der Waals surface area contributed by atoms with E-state index in [1.54, 1.807) is 23.2 Å². The lowest BCUT2D eigenvalue weighted by atomic mass is 10.0. The first kappa shape index (κ1) is 21.3. The Balaban J connectivity index is 1.27. The summed E-state index contributed by atoms with van der Waals surface area (Å²) in [6.07, 6.45) is 2.70. The van der Waals surface area contributed by atoms with E-state index in [2.05, 4.69) is 19.9 Å². The molecule has 2 aliphatic heterocycles. The molecule has 0 bridgehead atoms. The largest absolute Gasteiger partial charge is 0.353 e. The quantitative estimate of drug-likeness (QED) is 0.689. The lowest BCUT2D eigenvalue weighted by Gasteiger charge is -2.35. The van der Waals surface area contributed by atoms with Crippen molar-refractivity contribution >= 4 is 33.3 Å². The lowest BCUT2D eigenvalue weighted by Crippen LogP contribution is -2.49. The van der Waals surface area contributed by atoms with Crippen molar-refractivity contribution in [2.24, 2.45) is 0 Å². The average Bonchev–Trinajstić information content (AvgIpc) is 2.79. The van der Waals surface area contributed by atoms with Crippen LogP contribution in [-0.2, 0) is 26.0 Å². The van der Waals surface area contributed by atoms with Crippen molar-refractivity contribution in [2.75, 3.05) is 42.9 Å². The molecule has 2 aliphatic rings. The van der Waals surface area contributed by atoms with Crippen molar-refractivity contribution in [3.8, 4) is 0 Å². The Kier molecular flexibility index (Phi) is 6.19. The van der Waals surface area contributed by atoms with Crippen LogP contribution in [0.25, 0.3) is 0 Å². The van der Waals surface area contributed by atoms with Crippen molar-refractivity contribution in [2.45, 2.75) is 24.2 Å². The lowest BCUT2D eigenvalue weighted by molar-refractivity contribution is -0.131. The highest BCUT2D eigenvalue weighted by molar-refractivity contribution is 7.89. The number of sulfonamides is 1. The predicted molar refractivity (Wildman–Crippen MR) is 116 cm³/mol. The molecule has 0 spiro atoms. The molecular weight excluding hydrogens is 418 g/mol. The number of piperazine rings is 1. The van der Waals surface area contributed by atoms with Gasteiger partial charge in [0.2, 0.25) is 21.8 Å². The molecule has 1 aromatic carbocycles. The fraction of sp³-hybridized carbons (Fsp3) is 0.381. The first-order valence-electron chi connectivity index (χ1n) is 10.3. The number of amides is 2. The van der Waals surface area contributed by atoms with Crippen LogP contribution in [0.4, 0.5) is 11.5 Å². The van der Waals surface area contributed by atoms with Gasteiger partial charge in [-0.1, -0.05) is 6.07 Å². The Labute approximate surface area is 181 Å². The third kappa shape index (κ3) is 5.02. The van der Waals surface area contributed by atoms with E-state index in [-0.39, 0.29) is 29.7 Å². The molecule has 0 aliphatic carbocycles. The number of aryl methyl sites for hydroxylation is 1. The molecule has 10 heteroatoms. The maximum Gasteiger partial charge on any atom is 0.240 e. The molecule has 1 saturated heterocycles. The molecule has 1 aromatic heterocycles. The summed E-state index contributed by atoms with van der Waals surface area (Å²) in [5.41, 5.74) is 1.44. The highest BCUT2D eigenvalue weighted by Gasteiger charge is 2.23. The minimum absolute atomic E-state index is 0.0371. The van der Waals surface area contributed by atoms with E-state index in [4.69, 9.17) is 0 Å². The molecule has 9 nitrogen and oxygen atoms in total. The van der Waals surface area contributed by atoms with Gasteiger partial charge >= 0.3 is 0 Å². The SMILES string of the molecule is O=C1CCc2cc(S(=O)(=O)NCCC(=O)N3CCN(c4ccccn4)CC3)ccc2N1. The number of hydrogen-bond donors (Lipinski definition) is 2. The van der Waals surface area contributed by atoms with Gasteiger partial charge in [-0.15, -0.1) is 0 Å². The van der Waals surface area contributed by atoms with Crippen LogP contribution in [0.2, 0.25) is 0 Å². The Morgan fingerprint density at radius 3 is 2.65 bits per heavy atom. The second-order valence-electron chi connectivity index (χ2n) is 7.57. The number of fused-ring (bicyclic) bond motifs is 1. The summed E-state index contributed by atoms with van der Waals surface area (Å²) in [5.74, 6) is 0.754. The second-order valence-corrected chi connectivity index (χ2v) is 9.34. The van der Waals surface area contributed by atoms with Gasteiger partial charge in [-0.05, 0) is 42.3 Å². The van der Waals surface area contributed by atoms with Crippen LogP contribution in [0.1, 0.15) is 18.4 Å². The zero-order valence-electron chi connectivity index (χ0n) is 17.1. The van der Waals surface area contributed by atoms with Gasteiger partial charge in [0.05, 0.1) is 4.90 Å². The molecule has 3 heterocycles. The Hall–Kier alpha value is -2.98. The second kappa shape index (κ2) is 9.03. The highest BCUT2D eigenvalue weighted by Crippen LogP contribution is 2.25. The number of benzene rings is 1. The van der Waals surface area contributed by atoms with Crippen LogP contribution in [0.15, 0.2) is 47.5 Å². The highest BCUT2D eigenvalue weighted by atomic mass is 32.2. The number of nitrogens with zero attached hydrogens (tertiary/aromatic N) is 3. The van der Waals surface area contributed by atoms with Crippen molar-refractivity contribution in [1.29, 1.82) is 0 Å². The molecule has 1 fully saturated rings. The van der Waals surface area contributed by atoms with Crippen LogP contribution in [0.3, 0.4) is 0 Å². The number of hydrogen-bond acceptors (Lipinski definition) is 6. The van der Waals surface area contributed by atoms with E-state index >= 15 is 0 Å². The van der Waals surface area contributed by atoms with E-state index in [1.807, 2.05) is 18.2 Å². The Bertz CT molecular complexity index is 1070. The molecule has 2 aromatic rings. The van der Waals surface area contributed by atoms with Crippen LogP contribution < -0.4 is 14.9 Å². The van der Waals surface area contributed by atoms with Gasteiger partial charge < -0.3 is 15.1 Å². The van der Waals surface area contributed by atoms with E-state index in [1.165, 1.54) is 6.07 Å². The monoisotopic (exact) mass is 443 g/mol. The summed E-state index contributed by atoms with van der Waals surface area (Å²) in [7, 11) is -3.73. The molecule has 0 radical (unpaired) electrons. The number of carbonyl (C=O) groups is 2. The van der Waals surface area contributed by atoms with E-state index in [9.17, 15) is 18.0 Å². The zero-order chi connectivity index (χ0) is 21.8. The molecule has 4 rings (SSSR count). The van der Waals surface area contributed by atoms with Gasteiger partial charge in [-0.3, -0.25) is 9.59 Å². The zero-order valence-corrected chi connectivity index (χ0v) is 17.9. The smallest absolute Gasteiger partial charge is 0.240 e. The summed E-state index contributed by atoms with van der Waals surface area (Å²) in [4.78, 5) is 32.3. The van der Waals surface area contributed by atoms with Gasteiger partial charge in [0.25, 0.3) is 0 Å². The molecule has 164 valence electrons. The van der Waals surface area contributed by atoms with E-state index in [0.717, 1.165) is 11.4 Å². The molecule has 0 atom stereocenters. The Morgan fingerprint density at radius 2 is 1.90 bits per heavy atom. The normalized spacial score (nSPS) is 16.6. The molecule has 0 saturated carbocycles. The number of nitrogens with one attached hydrogen (secondary N) is 2. The third-order valence-corrected chi connectivity index (χ3v) is 6.98. The summed E-state index contributed by atoms with van der Waals surface area (Å²) in [6, 6.07) is 10.4. The summed E-state index contributed by atoms with van der Waals surface area (Å²) >= 11 is 0. The van der Waals surface area contributed by atoms with Gasteiger partial charge in [0.15, 0.2) is 0 Å². The van der Waals surface area contributed by atoms with Gasteiger partial charge in [0.1, 0.15) is 5.82 Å². The summed E-state index contributed by atoms with van der Waals surface area (Å²) in [6.45, 7) is 2.59. The molecule has 0 unspecified atom stereocenters. The number of rotatable bonds is 6. The molecular formula is C21H25N5O4S. The van der Waals surface area contributed by atoms with Crippen molar-refractivity contribution in [3.05, 3.63) is 48.2 Å². The average molecular weight is 444 g/mol. The molecule has 31 heavy (non-hydrogen) atoms. The van der Waals surface area contributed by atoms with Crippen LogP contribution in [0.5, 0.6) is 0 Å². The number of carbonyl (C=O) groups excluding carboxylic acids is 2. The van der Waals surface area contributed by atoms with Crippen LogP contribution >= 0.6 is 0 Å². The van der Waals surface area contributed by atoms with Crippen molar-refractivity contribution < 1.29 is 18.0 Å². The minimum atomic E-state index is -3.73. The standard InChI is InChI=1S/C21H25N5O4S/c27-20-7-4-16-15-17(5-6-18(16)24-20)31(29,30)23-10-8-21(28)26-13-11-25(12-14-26)19-3-1-2-9-22-19/h1-3,5-6,9,15,23H,4,7-8,10-14H2,(H,24,27). The number of anilines is 2. The van der Waals surface area contributed by atoms with Gasteiger partial charge in [-0.25, -0.2) is 18.1 Å². The number of pyridine rings is 1. The third-order valence-electron chi connectivity index (χ3n) is 5.52. The first-order chi connectivity index (χ1) is 14.9.